The van der Waals surface area contributed by atoms with Gasteiger partial charge in [-0.25, -0.2) is 23.2 Å². The van der Waals surface area contributed by atoms with Crippen molar-refractivity contribution in [3.8, 4) is 0 Å². The summed E-state index contributed by atoms with van der Waals surface area (Å²) in [6.07, 6.45) is 4.70. The molecular weight excluding hydrogens is 571 g/mol. The molecule has 0 N–H and O–H groups in total. The molecular formula is C24H37F5N2O8S. The lowest BCUT2D eigenvalue weighted by molar-refractivity contribution is -0.157. The Balaban J connectivity index is 0.000000307. The molecule has 2 aliphatic heterocycles. The Bertz CT molecular complexity index is 1050. The van der Waals surface area contributed by atoms with Gasteiger partial charge in [0, 0.05) is 38.0 Å². The number of rotatable bonds is 2. The summed E-state index contributed by atoms with van der Waals surface area (Å²) >= 11 is 0. The Morgan fingerprint density at radius 1 is 0.875 bits per heavy atom. The minimum Gasteiger partial charge on any atom is -0.464 e. The molecule has 1 saturated carbocycles. The molecule has 2 amide bonds. The highest BCUT2D eigenvalue weighted by Crippen LogP contribution is 2.59. The fraction of sp³-hybridized carbons (Fsp3) is 0.792. The van der Waals surface area contributed by atoms with Crippen molar-refractivity contribution in [2.24, 2.45) is 11.8 Å². The summed E-state index contributed by atoms with van der Waals surface area (Å²) in [5.41, 5.74) is -0.960. The number of nitrogens with zero attached hydrogens (tertiary/aromatic N) is 2. The molecule has 1 saturated heterocycles. The summed E-state index contributed by atoms with van der Waals surface area (Å²) < 4.78 is 94.3. The number of alkyl halides is 4. The third kappa shape index (κ3) is 10.4. The fourth-order valence-corrected chi connectivity index (χ4v) is 3.85. The van der Waals surface area contributed by atoms with Gasteiger partial charge in [0.2, 0.25) is 0 Å². The van der Waals surface area contributed by atoms with E-state index in [0.717, 1.165) is 13.0 Å². The molecule has 3 aliphatic rings. The molecule has 0 radical (unpaired) electrons. The van der Waals surface area contributed by atoms with Gasteiger partial charge in [0.15, 0.2) is 0 Å². The van der Waals surface area contributed by atoms with E-state index in [9.17, 15) is 44.2 Å². The van der Waals surface area contributed by atoms with Crippen molar-refractivity contribution in [3.63, 3.8) is 0 Å². The molecule has 1 aliphatic carbocycles. The lowest BCUT2D eigenvalue weighted by atomic mass is 10.1. The predicted octanol–water partition coefficient (Wildman–Crippen LogP) is 4.74. The molecule has 0 aromatic carbocycles. The Hall–Kier alpha value is -2.65. The number of fused-ring (bicyclic) bond motifs is 1. The van der Waals surface area contributed by atoms with Gasteiger partial charge in [-0.2, -0.15) is 17.2 Å². The number of likely N-dealkylation sites (tertiary alicyclic amines) is 1. The average molecular weight is 609 g/mol. The topological polar surface area (TPSA) is 120 Å². The van der Waals surface area contributed by atoms with Gasteiger partial charge in [0.05, 0.1) is 7.11 Å². The molecule has 2 atom stereocenters. The van der Waals surface area contributed by atoms with Gasteiger partial charge in [0.1, 0.15) is 11.2 Å². The zero-order chi connectivity index (χ0) is 31.3. The van der Waals surface area contributed by atoms with E-state index in [0.29, 0.717) is 26.6 Å². The minimum absolute atomic E-state index is 0.132. The molecule has 232 valence electrons. The highest BCUT2D eigenvalue weighted by molar-refractivity contribution is 7.88. The summed E-state index contributed by atoms with van der Waals surface area (Å²) in [6, 6.07) is 0. The summed E-state index contributed by atoms with van der Waals surface area (Å²) in [4.78, 5) is 36.1. The highest BCUT2D eigenvalue weighted by Gasteiger charge is 2.69. The third-order valence-electron chi connectivity index (χ3n) is 5.58. The summed E-state index contributed by atoms with van der Waals surface area (Å²) in [7, 11) is -5.71. The second-order valence-corrected chi connectivity index (χ2v) is 12.6. The molecule has 16 heteroatoms. The van der Waals surface area contributed by atoms with Crippen molar-refractivity contribution < 1.29 is 58.5 Å². The maximum atomic E-state index is 13.1. The van der Waals surface area contributed by atoms with Crippen molar-refractivity contribution in [1.29, 1.82) is 0 Å². The van der Waals surface area contributed by atoms with Crippen LogP contribution in [0.2, 0.25) is 0 Å². The van der Waals surface area contributed by atoms with Crippen LogP contribution in [0.3, 0.4) is 0 Å². The number of hydrogen-bond acceptors (Lipinski definition) is 8. The standard InChI is InChI=1S/C11H17F2NO2.C10H17NO2.C3H3F3O4S/c1-10(2,3)16-9(15)14-5-4-7-8(6-14)11(7,12)13;1-10(2,3)13-9(12)11-7-5-4-6-8-11;1-10-2(7)3(4,5)11(6,8)9/h7-8H,4-6H2,1-3H3;4-5H,6-8H2,1-3H3;1H3. The molecule has 0 bridgehead atoms. The average Bonchev–Trinajstić information content (AvgIpc) is 3.36. The SMILES string of the molecule is CC(C)(C)OC(=O)N1CC=CCC1.CC(C)(C)OC(=O)N1CCC2C(C1)C2(F)F.COC(=O)C(F)(F)S(=O)(=O)F. The Morgan fingerprint density at radius 2 is 1.38 bits per heavy atom. The van der Waals surface area contributed by atoms with E-state index in [1.54, 1.807) is 25.7 Å². The van der Waals surface area contributed by atoms with Crippen molar-refractivity contribution >= 4 is 28.4 Å². The fourth-order valence-electron chi connectivity index (χ4n) is 3.57. The number of halogens is 5. The minimum atomic E-state index is -6.22. The number of amides is 2. The number of carbonyl (C=O) groups excluding carboxylic acids is 3. The lowest BCUT2D eigenvalue weighted by Crippen LogP contribution is -2.40. The number of esters is 1. The largest absolute Gasteiger partial charge is 0.470 e. The van der Waals surface area contributed by atoms with E-state index >= 15 is 0 Å². The van der Waals surface area contributed by atoms with E-state index in [1.165, 1.54) is 4.90 Å². The van der Waals surface area contributed by atoms with E-state index in [-0.39, 0.29) is 12.6 Å². The van der Waals surface area contributed by atoms with Crippen LogP contribution in [0.4, 0.5) is 31.0 Å². The quantitative estimate of drug-likeness (QED) is 0.145. The van der Waals surface area contributed by atoms with Gasteiger partial charge in [-0.05, 0) is 54.4 Å². The van der Waals surface area contributed by atoms with E-state index in [1.807, 2.05) is 26.8 Å². The molecule has 2 fully saturated rings. The number of ether oxygens (including phenoxy) is 3. The van der Waals surface area contributed by atoms with Gasteiger partial charge in [-0.15, -0.1) is 0 Å². The van der Waals surface area contributed by atoms with Gasteiger partial charge in [-0.1, -0.05) is 16.0 Å². The summed E-state index contributed by atoms with van der Waals surface area (Å²) in [5, 5.41) is -5.11. The first-order chi connectivity index (χ1) is 17.9. The first kappa shape index (κ1) is 35.4. The zero-order valence-electron chi connectivity index (χ0n) is 23.5. The number of carbonyl (C=O) groups is 3. The molecule has 0 spiro atoms. The second kappa shape index (κ2) is 12.9. The molecule has 3 rings (SSSR count). The van der Waals surface area contributed by atoms with E-state index in [4.69, 9.17) is 9.47 Å². The van der Waals surface area contributed by atoms with Crippen LogP contribution in [0.5, 0.6) is 0 Å². The van der Waals surface area contributed by atoms with Gasteiger partial charge in [-0.3, -0.25) is 0 Å². The van der Waals surface area contributed by atoms with Gasteiger partial charge in [0.25, 0.3) is 5.92 Å². The van der Waals surface area contributed by atoms with Crippen molar-refractivity contribution in [2.45, 2.75) is 76.8 Å². The van der Waals surface area contributed by atoms with Crippen LogP contribution in [0.25, 0.3) is 0 Å². The number of piperidine rings is 1. The Labute approximate surface area is 231 Å². The number of hydrogen-bond donors (Lipinski definition) is 0. The van der Waals surface area contributed by atoms with Crippen LogP contribution in [0.1, 0.15) is 54.4 Å². The highest BCUT2D eigenvalue weighted by atomic mass is 32.3. The molecule has 2 unspecified atom stereocenters. The predicted molar refractivity (Wildman–Crippen MR) is 133 cm³/mol. The van der Waals surface area contributed by atoms with E-state index < -0.39 is 56.5 Å². The summed E-state index contributed by atoms with van der Waals surface area (Å²) in [5.74, 6) is -6.16. The maximum absolute atomic E-state index is 13.1. The number of methoxy groups -OCH3 is 1. The van der Waals surface area contributed by atoms with Gasteiger partial charge < -0.3 is 24.0 Å². The van der Waals surface area contributed by atoms with Crippen molar-refractivity contribution in [3.05, 3.63) is 12.2 Å². The Morgan fingerprint density at radius 3 is 1.73 bits per heavy atom. The van der Waals surface area contributed by atoms with Crippen molar-refractivity contribution in [1.82, 2.24) is 9.80 Å². The van der Waals surface area contributed by atoms with Crippen LogP contribution in [-0.2, 0) is 29.2 Å². The first-order valence-electron chi connectivity index (χ1n) is 12.3. The molecule has 0 aromatic rings. The summed E-state index contributed by atoms with van der Waals surface area (Å²) in [6.45, 7) is 12.9. The lowest BCUT2D eigenvalue weighted by Gasteiger charge is -2.29. The third-order valence-corrected chi connectivity index (χ3v) is 6.36. The first-order valence-corrected chi connectivity index (χ1v) is 13.7. The molecule has 10 nitrogen and oxygen atoms in total. The van der Waals surface area contributed by atoms with E-state index in [2.05, 4.69) is 10.8 Å². The normalized spacial score (nSPS) is 21.9. The maximum Gasteiger partial charge on any atom is 0.470 e. The molecule has 40 heavy (non-hydrogen) atoms. The molecule has 2 heterocycles. The van der Waals surface area contributed by atoms with Crippen LogP contribution < -0.4 is 0 Å². The van der Waals surface area contributed by atoms with Crippen LogP contribution in [0.15, 0.2) is 12.2 Å². The van der Waals surface area contributed by atoms with Crippen LogP contribution in [0, 0.1) is 11.8 Å². The monoisotopic (exact) mass is 608 g/mol. The van der Waals surface area contributed by atoms with Crippen molar-refractivity contribution in [2.75, 3.05) is 33.3 Å². The van der Waals surface area contributed by atoms with Gasteiger partial charge >= 0.3 is 33.6 Å². The second-order valence-electron chi connectivity index (χ2n) is 11.2. The van der Waals surface area contributed by atoms with Crippen LogP contribution in [-0.4, -0.2) is 92.0 Å². The Kier molecular flexibility index (Phi) is 11.4. The smallest absolute Gasteiger partial charge is 0.464 e. The van der Waals surface area contributed by atoms with Crippen LogP contribution >= 0.6 is 0 Å². The molecule has 0 aromatic heterocycles. The zero-order valence-corrected chi connectivity index (χ0v) is 24.3.